The summed E-state index contributed by atoms with van der Waals surface area (Å²) in [6, 6.07) is 10.1. The first kappa shape index (κ1) is 10.8. The third kappa shape index (κ3) is 2.28. The van der Waals surface area contributed by atoms with Crippen molar-refractivity contribution >= 4 is 0 Å². The SMILES string of the molecule is CCn1ncnc1CC(N)c1ccccc1. The zero-order valence-corrected chi connectivity index (χ0v) is 9.37. The quantitative estimate of drug-likeness (QED) is 0.843. The first-order chi connectivity index (χ1) is 7.81. The molecule has 4 heteroatoms. The predicted octanol–water partition coefficient (Wildman–Crippen LogP) is 1.54. The molecule has 0 bridgehead atoms. The van der Waals surface area contributed by atoms with Crippen molar-refractivity contribution in [3.8, 4) is 0 Å². The monoisotopic (exact) mass is 216 g/mol. The third-order valence-corrected chi connectivity index (χ3v) is 2.63. The first-order valence-corrected chi connectivity index (χ1v) is 5.48. The number of nitrogens with zero attached hydrogens (tertiary/aromatic N) is 3. The molecule has 2 rings (SSSR count). The lowest BCUT2D eigenvalue weighted by molar-refractivity contribution is 0.581. The largest absolute Gasteiger partial charge is 0.324 e. The fraction of sp³-hybridized carbons (Fsp3) is 0.333. The number of hydrogen-bond acceptors (Lipinski definition) is 3. The van der Waals surface area contributed by atoms with Crippen LogP contribution in [0.5, 0.6) is 0 Å². The number of benzene rings is 1. The van der Waals surface area contributed by atoms with Gasteiger partial charge in [0.15, 0.2) is 0 Å². The van der Waals surface area contributed by atoms with Gasteiger partial charge in [0, 0.05) is 19.0 Å². The van der Waals surface area contributed by atoms with Crippen LogP contribution in [-0.4, -0.2) is 14.8 Å². The third-order valence-electron chi connectivity index (χ3n) is 2.63. The van der Waals surface area contributed by atoms with Crippen LogP contribution in [0.4, 0.5) is 0 Å². The molecular formula is C12H16N4. The first-order valence-electron chi connectivity index (χ1n) is 5.48. The van der Waals surface area contributed by atoms with Crippen LogP contribution in [0.3, 0.4) is 0 Å². The molecule has 16 heavy (non-hydrogen) atoms. The van der Waals surface area contributed by atoms with Crippen molar-refractivity contribution < 1.29 is 0 Å². The molecule has 1 atom stereocenters. The molecule has 0 fully saturated rings. The lowest BCUT2D eigenvalue weighted by atomic mass is 10.0. The summed E-state index contributed by atoms with van der Waals surface area (Å²) in [5, 5.41) is 4.13. The van der Waals surface area contributed by atoms with Gasteiger partial charge < -0.3 is 5.73 Å². The van der Waals surface area contributed by atoms with Gasteiger partial charge in [-0.25, -0.2) is 4.98 Å². The topological polar surface area (TPSA) is 56.7 Å². The van der Waals surface area contributed by atoms with Crippen molar-refractivity contribution in [1.29, 1.82) is 0 Å². The van der Waals surface area contributed by atoms with Crippen LogP contribution in [-0.2, 0) is 13.0 Å². The van der Waals surface area contributed by atoms with E-state index in [1.807, 2.05) is 41.9 Å². The molecule has 1 unspecified atom stereocenters. The number of aromatic nitrogens is 3. The molecule has 0 saturated carbocycles. The van der Waals surface area contributed by atoms with Crippen LogP contribution in [0.2, 0.25) is 0 Å². The van der Waals surface area contributed by atoms with Gasteiger partial charge in [-0.3, -0.25) is 4.68 Å². The zero-order valence-electron chi connectivity index (χ0n) is 9.37. The van der Waals surface area contributed by atoms with Crippen molar-refractivity contribution in [3.63, 3.8) is 0 Å². The Morgan fingerprint density at radius 1 is 1.31 bits per heavy atom. The normalized spacial score (nSPS) is 12.6. The highest BCUT2D eigenvalue weighted by Crippen LogP contribution is 2.13. The predicted molar refractivity (Wildman–Crippen MR) is 62.8 cm³/mol. The molecule has 2 N–H and O–H groups in total. The van der Waals surface area contributed by atoms with Crippen molar-refractivity contribution in [2.45, 2.75) is 25.9 Å². The number of rotatable bonds is 4. The van der Waals surface area contributed by atoms with Crippen LogP contribution in [0.1, 0.15) is 24.4 Å². The van der Waals surface area contributed by atoms with Crippen LogP contribution < -0.4 is 5.73 Å². The lowest BCUT2D eigenvalue weighted by Gasteiger charge is -2.11. The lowest BCUT2D eigenvalue weighted by Crippen LogP contribution is -2.16. The Hall–Kier alpha value is -1.68. The van der Waals surface area contributed by atoms with Gasteiger partial charge in [0.05, 0.1) is 0 Å². The molecule has 1 heterocycles. The van der Waals surface area contributed by atoms with E-state index in [4.69, 9.17) is 5.73 Å². The van der Waals surface area contributed by atoms with Gasteiger partial charge >= 0.3 is 0 Å². The maximum Gasteiger partial charge on any atom is 0.138 e. The van der Waals surface area contributed by atoms with E-state index in [1.54, 1.807) is 6.33 Å². The van der Waals surface area contributed by atoms with E-state index in [9.17, 15) is 0 Å². The molecular weight excluding hydrogens is 200 g/mol. The van der Waals surface area contributed by atoms with Gasteiger partial charge in [-0.15, -0.1) is 0 Å². The summed E-state index contributed by atoms with van der Waals surface area (Å²) >= 11 is 0. The van der Waals surface area contributed by atoms with E-state index in [0.29, 0.717) is 0 Å². The Kier molecular flexibility index (Phi) is 3.31. The van der Waals surface area contributed by atoms with Crippen LogP contribution in [0, 0.1) is 0 Å². The van der Waals surface area contributed by atoms with E-state index >= 15 is 0 Å². The van der Waals surface area contributed by atoms with Gasteiger partial charge in [-0.1, -0.05) is 30.3 Å². The minimum atomic E-state index is -0.0179. The number of nitrogens with two attached hydrogens (primary N) is 1. The summed E-state index contributed by atoms with van der Waals surface area (Å²) in [5.41, 5.74) is 7.26. The zero-order chi connectivity index (χ0) is 11.4. The molecule has 2 aromatic rings. The van der Waals surface area contributed by atoms with Crippen molar-refractivity contribution in [3.05, 3.63) is 48.0 Å². The van der Waals surface area contributed by atoms with E-state index in [-0.39, 0.29) is 6.04 Å². The van der Waals surface area contributed by atoms with Gasteiger partial charge in [0.2, 0.25) is 0 Å². The van der Waals surface area contributed by atoms with Gasteiger partial charge in [0.1, 0.15) is 12.2 Å². The molecule has 0 aliphatic heterocycles. The summed E-state index contributed by atoms with van der Waals surface area (Å²) in [7, 11) is 0. The van der Waals surface area contributed by atoms with Gasteiger partial charge in [-0.05, 0) is 12.5 Å². The molecule has 0 spiro atoms. The van der Waals surface area contributed by atoms with E-state index < -0.39 is 0 Å². The second kappa shape index (κ2) is 4.90. The van der Waals surface area contributed by atoms with Crippen LogP contribution in [0.25, 0.3) is 0 Å². The summed E-state index contributed by atoms with van der Waals surface area (Å²) in [5.74, 6) is 0.943. The Morgan fingerprint density at radius 2 is 2.06 bits per heavy atom. The average Bonchev–Trinajstić information content (AvgIpc) is 2.77. The van der Waals surface area contributed by atoms with Crippen molar-refractivity contribution in [2.24, 2.45) is 5.73 Å². The second-order valence-electron chi connectivity index (χ2n) is 3.71. The van der Waals surface area contributed by atoms with Crippen LogP contribution in [0.15, 0.2) is 36.7 Å². The Balaban J connectivity index is 2.11. The molecule has 0 aliphatic rings. The molecule has 0 saturated heterocycles. The minimum Gasteiger partial charge on any atom is -0.324 e. The number of aryl methyl sites for hydroxylation is 1. The van der Waals surface area contributed by atoms with Crippen molar-refractivity contribution in [1.82, 2.24) is 14.8 Å². The second-order valence-corrected chi connectivity index (χ2v) is 3.71. The summed E-state index contributed by atoms with van der Waals surface area (Å²) < 4.78 is 1.88. The highest BCUT2D eigenvalue weighted by Gasteiger charge is 2.10. The van der Waals surface area contributed by atoms with E-state index in [1.165, 1.54) is 0 Å². The Morgan fingerprint density at radius 3 is 2.75 bits per heavy atom. The highest BCUT2D eigenvalue weighted by molar-refractivity contribution is 5.19. The fourth-order valence-electron chi connectivity index (χ4n) is 1.73. The standard InChI is InChI=1S/C12H16N4/c1-2-16-12(14-9-15-16)8-11(13)10-6-4-3-5-7-10/h3-7,9,11H,2,8,13H2,1H3. The van der Waals surface area contributed by atoms with E-state index in [2.05, 4.69) is 10.1 Å². The highest BCUT2D eigenvalue weighted by atomic mass is 15.3. The molecule has 4 nitrogen and oxygen atoms in total. The maximum atomic E-state index is 6.13. The van der Waals surface area contributed by atoms with Gasteiger partial charge in [0.25, 0.3) is 0 Å². The molecule has 1 aromatic carbocycles. The van der Waals surface area contributed by atoms with Crippen LogP contribution >= 0.6 is 0 Å². The summed E-state index contributed by atoms with van der Waals surface area (Å²) in [4.78, 5) is 4.22. The molecule has 0 aliphatic carbocycles. The molecule has 0 amide bonds. The Bertz CT molecular complexity index is 435. The maximum absolute atomic E-state index is 6.13. The van der Waals surface area contributed by atoms with Crippen molar-refractivity contribution in [2.75, 3.05) is 0 Å². The summed E-state index contributed by atoms with van der Waals surface area (Å²) in [6.07, 6.45) is 2.30. The smallest absolute Gasteiger partial charge is 0.138 e. The molecule has 84 valence electrons. The Labute approximate surface area is 95.1 Å². The molecule has 0 radical (unpaired) electrons. The minimum absolute atomic E-state index is 0.0179. The molecule has 1 aromatic heterocycles. The average molecular weight is 216 g/mol. The van der Waals surface area contributed by atoms with E-state index in [0.717, 1.165) is 24.4 Å². The fourth-order valence-corrected chi connectivity index (χ4v) is 1.73. The van der Waals surface area contributed by atoms with Gasteiger partial charge in [-0.2, -0.15) is 5.10 Å². The number of hydrogen-bond donors (Lipinski definition) is 1. The summed E-state index contributed by atoms with van der Waals surface area (Å²) in [6.45, 7) is 2.88.